The van der Waals surface area contributed by atoms with Crippen molar-refractivity contribution in [2.45, 2.75) is 37.9 Å². The van der Waals surface area contributed by atoms with Crippen LogP contribution in [0.15, 0.2) is 48.5 Å². The molecule has 6 heteroatoms. The molecule has 2 atom stereocenters. The molecule has 6 nitrogen and oxygen atoms in total. The zero-order valence-corrected chi connectivity index (χ0v) is 14.7. The zero-order chi connectivity index (χ0) is 18.5. The Morgan fingerprint density at radius 1 is 0.963 bits per heavy atom. The molecule has 0 aromatic heterocycles. The van der Waals surface area contributed by atoms with Gasteiger partial charge >= 0.3 is 12.1 Å². The van der Waals surface area contributed by atoms with Crippen LogP contribution in [0.5, 0.6) is 0 Å². The molecule has 0 saturated carbocycles. The van der Waals surface area contributed by atoms with Gasteiger partial charge in [0.25, 0.3) is 5.91 Å². The van der Waals surface area contributed by atoms with Crippen molar-refractivity contribution in [3.8, 4) is 0 Å². The Labute approximate surface area is 156 Å². The van der Waals surface area contributed by atoms with Crippen LogP contribution >= 0.6 is 0 Å². The number of amides is 5. The molecular formula is C21H19N3O3. The standard InChI is InChI=1S/C21H19N3O3/c25-19-18-11-14-6-1-2-7-15(14)12-23(18)21(27)24(19)20(26)22-17-10-9-13-5-3-4-8-16(13)17/h1-8,17-18H,9-12H2,(H,22,26)/t17-,18?/m0/s1. The summed E-state index contributed by atoms with van der Waals surface area (Å²) >= 11 is 0. The van der Waals surface area contributed by atoms with E-state index in [0.29, 0.717) is 13.0 Å². The van der Waals surface area contributed by atoms with Crippen molar-refractivity contribution in [3.63, 3.8) is 0 Å². The van der Waals surface area contributed by atoms with Gasteiger partial charge in [-0.15, -0.1) is 0 Å². The van der Waals surface area contributed by atoms with E-state index in [4.69, 9.17) is 0 Å². The molecular weight excluding hydrogens is 342 g/mol. The lowest BCUT2D eigenvalue weighted by atomic mass is 9.95. The van der Waals surface area contributed by atoms with Gasteiger partial charge in [-0.05, 0) is 35.1 Å². The van der Waals surface area contributed by atoms with E-state index in [1.807, 2.05) is 48.5 Å². The van der Waals surface area contributed by atoms with Crippen molar-refractivity contribution in [2.75, 3.05) is 0 Å². The molecule has 1 fully saturated rings. The minimum atomic E-state index is -0.620. The second-order valence-electron chi connectivity index (χ2n) is 7.31. The summed E-state index contributed by atoms with van der Waals surface area (Å²) in [5.74, 6) is -0.432. The van der Waals surface area contributed by atoms with Gasteiger partial charge in [-0.3, -0.25) is 4.79 Å². The number of imide groups is 3. The molecule has 1 saturated heterocycles. The number of carbonyl (C=O) groups excluding carboxylic acids is 3. The van der Waals surface area contributed by atoms with Gasteiger partial charge in [0.05, 0.1) is 6.04 Å². The minimum absolute atomic E-state index is 0.163. The average Bonchev–Trinajstić information content (AvgIpc) is 3.19. The van der Waals surface area contributed by atoms with Crippen LogP contribution in [0.2, 0.25) is 0 Å². The maximum Gasteiger partial charge on any atom is 0.336 e. The van der Waals surface area contributed by atoms with E-state index in [1.54, 1.807) is 0 Å². The molecule has 5 amide bonds. The monoisotopic (exact) mass is 361 g/mol. The number of hydrogen-bond donors (Lipinski definition) is 1. The van der Waals surface area contributed by atoms with Crippen LogP contribution in [0.1, 0.15) is 34.7 Å². The summed E-state index contributed by atoms with van der Waals surface area (Å²) < 4.78 is 0. The van der Waals surface area contributed by atoms with Gasteiger partial charge in [-0.1, -0.05) is 48.5 Å². The zero-order valence-electron chi connectivity index (χ0n) is 14.7. The average molecular weight is 361 g/mol. The minimum Gasteiger partial charge on any atom is -0.330 e. The lowest BCUT2D eigenvalue weighted by Gasteiger charge is -2.28. The largest absolute Gasteiger partial charge is 0.336 e. The smallest absolute Gasteiger partial charge is 0.330 e. The third-order valence-electron chi connectivity index (χ3n) is 5.82. The van der Waals surface area contributed by atoms with Crippen LogP contribution in [0, 0.1) is 0 Å². The van der Waals surface area contributed by atoms with Crippen molar-refractivity contribution in [3.05, 3.63) is 70.8 Å². The van der Waals surface area contributed by atoms with E-state index >= 15 is 0 Å². The summed E-state index contributed by atoms with van der Waals surface area (Å²) in [7, 11) is 0. The number of aryl methyl sites for hydroxylation is 1. The van der Waals surface area contributed by atoms with Crippen LogP contribution < -0.4 is 5.32 Å². The molecule has 1 unspecified atom stereocenters. The number of nitrogens with one attached hydrogen (secondary N) is 1. The molecule has 1 N–H and O–H groups in total. The highest BCUT2D eigenvalue weighted by Gasteiger charge is 2.50. The summed E-state index contributed by atoms with van der Waals surface area (Å²) in [6.07, 6.45) is 2.11. The van der Waals surface area contributed by atoms with Crippen LogP contribution in [0.4, 0.5) is 9.59 Å². The van der Waals surface area contributed by atoms with Crippen LogP contribution in [0.3, 0.4) is 0 Å². The van der Waals surface area contributed by atoms with Gasteiger partial charge in [0.15, 0.2) is 0 Å². The first kappa shape index (κ1) is 16.1. The van der Waals surface area contributed by atoms with Crippen molar-refractivity contribution in [2.24, 2.45) is 0 Å². The Kier molecular flexibility index (Phi) is 3.53. The number of hydrogen-bond acceptors (Lipinski definition) is 3. The predicted molar refractivity (Wildman–Crippen MR) is 97.8 cm³/mol. The Hall–Kier alpha value is -3.15. The summed E-state index contributed by atoms with van der Waals surface area (Å²) in [4.78, 5) is 40.7. The Morgan fingerprint density at radius 3 is 2.48 bits per heavy atom. The molecule has 136 valence electrons. The molecule has 1 aliphatic carbocycles. The van der Waals surface area contributed by atoms with E-state index in [-0.39, 0.29) is 6.04 Å². The van der Waals surface area contributed by atoms with Gasteiger partial charge < -0.3 is 10.2 Å². The van der Waals surface area contributed by atoms with Crippen molar-refractivity contribution < 1.29 is 14.4 Å². The SMILES string of the molecule is O=C(N[C@H]1CCc2ccccc21)N1C(=O)C2Cc3ccccc3CN2C1=O. The van der Waals surface area contributed by atoms with Gasteiger partial charge in [-0.25, -0.2) is 9.59 Å². The van der Waals surface area contributed by atoms with E-state index in [1.165, 1.54) is 10.5 Å². The topological polar surface area (TPSA) is 69.7 Å². The number of benzene rings is 2. The highest BCUT2D eigenvalue weighted by Crippen LogP contribution is 2.33. The highest BCUT2D eigenvalue weighted by atomic mass is 16.2. The number of carbonyl (C=O) groups is 3. The molecule has 2 aromatic carbocycles. The third kappa shape index (κ3) is 2.44. The van der Waals surface area contributed by atoms with E-state index in [9.17, 15) is 14.4 Å². The third-order valence-corrected chi connectivity index (χ3v) is 5.82. The summed E-state index contributed by atoms with van der Waals surface area (Å²) in [5.41, 5.74) is 4.36. The Balaban J connectivity index is 1.37. The van der Waals surface area contributed by atoms with Gasteiger partial charge in [-0.2, -0.15) is 4.90 Å². The van der Waals surface area contributed by atoms with Gasteiger partial charge in [0.2, 0.25) is 0 Å². The van der Waals surface area contributed by atoms with Crippen LogP contribution in [-0.2, 0) is 24.2 Å². The molecule has 0 spiro atoms. The predicted octanol–water partition coefficient (Wildman–Crippen LogP) is 2.77. The quantitative estimate of drug-likeness (QED) is 0.794. The molecule has 0 bridgehead atoms. The first-order chi connectivity index (χ1) is 13.1. The molecule has 2 aromatic rings. The van der Waals surface area contributed by atoms with Gasteiger partial charge in [0.1, 0.15) is 6.04 Å². The fraction of sp³-hybridized carbons (Fsp3) is 0.286. The first-order valence-electron chi connectivity index (χ1n) is 9.23. The Bertz CT molecular complexity index is 928. The first-order valence-corrected chi connectivity index (χ1v) is 9.23. The second kappa shape index (κ2) is 5.94. The Morgan fingerprint density at radius 2 is 1.67 bits per heavy atom. The normalized spacial score (nSPS) is 23.1. The molecule has 0 radical (unpaired) electrons. The lowest BCUT2D eigenvalue weighted by molar-refractivity contribution is -0.126. The van der Waals surface area contributed by atoms with Crippen molar-refractivity contribution in [1.29, 1.82) is 0 Å². The van der Waals surface area contributed by atoms with Crippen LogP contribution in [0.25, 0.3) is 0 Å². The summed E-state index contributed by atoms with van der Waals surface area (Å²) in [6.45, 7) is 0.363. The molecule has 27 heavy (non-hydrogen) atoms. The van der Waals surface area contributed by atoms with E-state index in [0.717, 1.165) is 34.4 Å². The van der Waals surface area contributed by atoms with Crippen molar-refractivity contribution in [1.82, 2.24) is 15.1 Å². The number of urea groups is 2. The lowest BCUT2D eigenvalue weighted by Crippen LogP contribution is -2.45. The second-order valence-corrected chi connectivity index (χ2v) is 7.31. The number of fused-ring (bicyclic) bond motifs is 3. The molecule has 5 rings (SSSR count). The van der Waals surface area contributed by atoms with E-state index in [2.05, 4.69) is 5.32 Å². The number of nitrogens with zero attached hydrogens (tertiary/aromatic N) is 2. The summed E-state index contributed by atoms with van der Waals surface area (Å²) in [6, 6.07) is 13.8. The molecule has 3 aliphatic rings. The molecule has 2 aliphatic heterocycles. The molecule has 2 heterocycles. The van der Waals surface area contributed by atoms with E-state index < -0.39 is 24.0 Å². The maximum atomic E-state index is 12.8. The van der Waals surface area contributed by atoms with Crippen molar-refractivity contribution >= 4 is 18.0 Å². The number of rotatable bonds is 1. The fourth-order valence-electron chi connectivity index (χ4n) is 4.42. The highest BCUT2D eigenvalue weighted by molar-refractivity contribution is 6.16. The maximum absolute atomic E-state index is 12.8. The van der Waals surface area contributed by atoms with Crippen LogP contribution in [-0.4, -0.2) is 33.8 Å². The summed E-state index contributed by atoms with van der Waals surface area (Å²) in [5, 5.41) is 2.89. The van der Waals surface area contributed by atoms with Gasteiger partial charge in [0, 0.05) is 13.0 Å². The fourth-order valence-corrected chi connectivity index (χ4v) is 4.42.